The van der Waals surface area contributed by atoms with Crippen molar-refractivity contribution in [2.45, 2.75) is 25.2 Å². The van der Waals surface area contributed by atoms with E-state index in [9.17, 15) is 5.11 Å². The topological polar surface area (TPSA) is 50.4 Å². The fourth-order valence-corrected chi connectivity index (χ4v) is 7.97. The van der Waals surface area contributed by atoms with E-state index in [4.69, 9.17) is 4.42 Å². The van der Waals surface area contributed by atoms with Crippen LogP contribution < -0.4 is 10.6 Å². The summed E-state index contributed by atoms with van der Waals surface area (Å²) < 4.78 is 67.4. The maximum absolute atomic E-state index is 15.6. The molecule has 0 saturated heterocycles. The quantitative estimate of drug-likeness (QED) is 0.343. The van der Waals surface area contributed by atoms with Gasteiger partial charge < -0.3 is 14.1 Å². The number of phenolic OH excluding ortho intramolecular Hbond substituents is 1. The number of alkyl halides is 3. The summed E-state index contributed by atoms with van der Waals surface area (Å²) in [6.07, 6.45) is -3.88. The third-order valence-corrected chi connectivity index (χ3v) is 9.64. The van der Waals surface area contributed by atoms with Crippen LogP contribution in [-0.2, 0) is 9.72 Å². The van der Waals surface area contributed by atoms with Crippen molar-refractivity contribution in [2.75, 3.05) is 0 Å². The highest BCUT2D eigenvalue weighted by molar-refractivity contribution is 7.80. The zero-order chi connectivity index (χ0) is 23.9. The maximum atomic E-state index is 15.6. The van der Waals surface area contributed by atoms with Gasteiger partial charge in [-0.3, -0.25) is 0 Å². The van der Waals surface area contributed by atoms with Crippen LogP contribution in [0.4, 0.5) is 13.2 Å². The molecule has 3 nitrogen and oxygen atoms in total. The highest BCUT2D eigenvalue weighted by Gasteiger charge is 2.70. The molecular weight excluding hydrogens is 448 g/mol. The van der Waals surface area contributed by atoms with Crippen LogP contribution in [0.15, 0.2) is 95.6 Å². The summed E-state index contributed by atoms with van der Waals surface area (Å²) >= 11 is 0. The van der Waals surface area contributed by atoms with E-state index in [1.54, 1.807) is 36.4 Å². The first-order chi connectivity index (χ1) is 15.6. The molecule has 0 aliphatic rings. The molecule has 0 amide bonds. The number of benzene rings is 3. The Morgan fingerprint density at radius 3 is 1.67 bits per heavy atom. The van der Waals surface area contributed by atoms with Crippen LogP contribution in [0.2, 0.25) is 0 Å². The normalized spacial score (nSPS) is 14.1. The molecule has 4 aromatic rings. The first-order valence-electron chi connectivity index (χ1n) is 10.3. The maximum Gasteiger partial charge on any atom is 0.412 e. The molecule has 1 heterocycles. The first-order valence-corrected chi connectivity index (χ1v) is 12.0. The number of furan rings is 1. The van der Waals surface area contributed by atoms with Gasteiger partial charge in [-0.05, 0) is 42.7 Å². The molecule has 0 aliphatic carbocycles. The molecule has 3 aromatic carbocycles. The fourth-order valence-electron chi connectivity index (χ4n) is 4.42. The summed E-state index contributed by atoms with van der Waals surface area (Å²) in [7, 11) is -4.55. The van der Waals surface area contributed by atoms with Crippen molar-refractivity contribution >= 4 is 17.8 Å². The van der Waals surface area contributed by atoms with Crippen molar-refractivity contribution in [3.8, 4) is 5.75 Å². The largest absolute Gasteiger partial charge is 0.507 e. The van der Waals surface area contributed by atoms with Gasteiger partial charge in [0.2, 0.25) is 5.16 Å². The molecule has 33 heavy (non-hydrogen) atoms. The van der Waals surface area contributed by atoms with E-state index in [1.807, 2.05) is 0 Å². The molecule has 0 aliphatic heterocycles. The van der Waals surface area contributed by atoms with Gasteiger partial charge in [0.1, 0.15) is 11.5 Å². The van der Waals surface area contributed by atoms with Crippen molar-refractivity contribution in [3.05, 3.63) is 114 Å². The molecule has 1 unspecified atom stereocenters. The van der Waals surface area contributed by atoms with Crippen molar-refractivity contribution in [1.82, 2.24) is 0 Å². The molecule has 7 heteroatoms. The SMILES string of the molecule is Cc1cc(C(c2ccco2)(C(F)(F)F)P(=O)(c2ccccc2)c2ccccc2)cc(C)c1O. The lowest BCUT2D eigenvalue weighted by Crippen LogP contribution is -2.48. The van der Waals surface area contributed by atoms with Crippen LogP contribution in [0.3, 0.4) is 0 Å². The standard InChI is InChI=1S/C26H22F3O3P/c1-18-16-20(17-19(2)24(18)30)25(26(27,28)29,23-14-9-15-32-23)33(31,21-10-5-3-6-11-21)22-12-7-4-8-13-22/h3-17,30H,1-2H3. The minimum absolute atomic E-state index is 0.0494. The van der Waals surface area contributed by atoms with Gasteiger partial charge in [0.05, 0.1) is 6.26 Å². The molecular formula is C26H22F3O3P. The molecule has 0 bridgehead atoms. The van der Waals surface area contributed by atoms with Crippen LogP contribution in [0.1, 0.15) is 22.5 Å². The fraction of sp³-hybridized carbons (Fsp3) is 0.154. The van der Waals surface area contributed by atoms with Gasteiger partial charge in [-0.25, -0.2) is 0 Å². The summed E-state index contributed by atoms with van der Waals surface area (Å²) in [6, 6.07) is 20.5. The predicted octanol–water partition coefficient (Wildman–Crippen LogP) is 6.42. The average molecular weight is 470 g/mol. The lowest BCUT2D eigenvalue weighted by Gasteiger charge is -2.41. The van der Waals surface area contributed by atoms with Crippen LogP contribution in [0, 0.1) is 13.8 Å². The van der Waals surface area contributed by atoms with Crippen LogP contribution in [0.5, 0.6) is 5.75 Å². The Labute approximate surface area is 189 Å². The van der Waals surface area contributed by atoms with Gasteiger partial charge in [0.15, 0.2) is 7.14 Å². The van der Waals surface area contributed by atoms with Gasteiger partial charge in [-0.15, -0.1) is 0 Å². The lowest BCUT2D eigenvalue weighted by molar-refractivity contribution is -0.158. The average Bonchev–Trinajstić information content (AvgIpc) is 3.32. The van der Waals surface area contributed by atoms with E-state index in [1.165, 1.54) is 62.4 Å². The molecule has 0 fully saturated rings. The van der Waals surface area contributed by atoms with Crippen molar-refractivity contribution in [3.63, 3.8) is 0 Å². The number of rotatable bonds is 5. The summed E-state index contributed by atoms with van der Waals surface area (Å²) in [5, 5.41) is 7.36. The second kappa shape index (κ2) is 8.27. The zero-order valence-electron chi connectivity index (χ0n) is 18.0. The number of hydrogen-bond donors (Lipinski definition) is 1. The minimum Gasteiger partial charge on any atom is -0.507 e. The number of hydrogen-bond acceptors (Lipinski definition) is 3. The molecule has 4 rings (SSSR count). The molecule has 0 saturated carbocycles. The van der Waals surface area contributed by atoms with Crippen LogP contribution >= 0.6 is 7.14 Å². The second-order valence-corrected chi connectivity index (χ2v) is 10.8. The van der Waals surface area contributed by atoms with Gasteiger partial charge in [0, 0.05) is 10.6 Å². The van der Waals surface area contributed by atoms with E-state index >= 15 is 17.7 Å². The number of aryl methyl sites for hydroxylation is 2. The molecule has 1 atom stereocenters. The Hall–Kier alpha value is -3.24. The van der Waals surface area contributed by atoms with E-state index in [0.717, 1.165) is 6.26 Å². The second-order valence-electron chi connectivity index (χ2n) is 7.92. The van der Waals surface area contributed by atoms with E-state index < -0.39 is 24.2 Å². The van der Waals surface area contributed by atoms with Crippen molar-refractivity contribution in [2.24, 2.45) is 0 Å². The monoisotopic (exact) mass is 470 g/mol. The molecule has 1 N–H and O–H groups in total. The van der Waals surface area contributed by atoms with Gasteiger partial charge in [0.25, 0.3) is 0 Å². The smallest absolute Gasteiger partial charge is 0.412 e. The molecule has 170 valence electrons. The van der Waals surface area contributed by atoms with Crippen LogP contribution in [-0.4, -0.2) is 11.3 Å². The summed E-state index contributed by atoms with van der Waals surface area (Å²) in [5.41, 5.74) is 0.240. The Morgan fingerprint density at radius 2 is 1.27 bits per heavy atom. The van der Waals surface area contributed by atoms with Crippen molar-refractivity contribution < 1.29 is 27.3 Å². The number of aromatic hydroxyl groups is 1. The molecule has 0 radical (unpaired) electrons. The Morgan fingerprint density at radius 1 is 0.788 bits per heavy atom. The Balaban J connectivity index is 2.27. The van der Waals surface area contributed by atoms with Gasteiger partial charge in [-0.2, -0.15) is 13.2 Å². The third kappa shape index (κ3) is 3.41. The highest BCUT2D eigenvalue weighted by atomic mass is 31.2. The Kier molecular flexibility index (Phi) is 5.75. The van der Waals surface area contributed by atoms with E-state index in [-0.39, 0.29) is 33.0 Å². The number of halogens is 3. The minimum atomic E-state index is -5.03. The Bertz CT molecular complexity index is 1230. The first kappa shape index (κ1) is 22.9. The summed E-state index contributed by atoms with van der Waals surface area (Å²) in [5.74, 6) is -0.584. The summed E-state index contributed by atoms with van der Waals surface area (Å²) in [6.45, 7) is 3.04. The molecule has 0 spiro atoms. The van der Waals surface area contributed by atoms with Crippen LogP contribution in [0.25, 0.3) is 0 Å². The highest BCUT2D eigenvalue weighted by Crippen LogP contribution is 2.71. The molecule has 1 aromatic heterocycles. The van der Waals surface area contributed by atoms with E-state index in [2.05, 4.69) is 0 Å². The predicted molar refractivity (Wildman–Crippen MR) is 123 cm³/mol. The van der Waals surface area contributed by atoms with E-state index in [0.29, 0.717) is 0 Å². The van der Waals surface area contributed by atoms with Gasteiger partial charge >= 0.3 is 6.18 Å². The lowest BCUT2D eigenvalue weighted by atomic mass is 9.91. The number of phenols is 1. The van der Waals surface area contributed by atoms with Crippen molar-refractivity contribution in [1.29, 1.82) is 0 Å². The third-order valence-electron chi connectivity index (χ3n) is 5.91. The summed E-state index contributed by atoms with van der Waals surface area (Å²) in [4.78, 5) is 0. The van der Waals surface area contributed by atoms with Gasteiger partial charge in [-0.1, -0.05) is 72.8 Å². The zero-order valence-corrected chi connectivity index (χ0v) is 18.9.